The number of rotatable bonds is 9. The van der Waals surface area contributed by atoms with Gasteiger partial charge in [0.25, 0.3) is 5.91 Å². The minimum absolute atomic E-state index is 0.0610. The van der Waals surface area contributed by atoms with Gasteiger partial charge >= 0.3 is 0 Å². The lowest BCUT2D eigenvalue weighted by Crippen LogP contribution is -2.25. The van der Waals surface area contributed by atoms with Gasteiger partial charge in [-0.25, -0.2) is 9.97 Å². The highest BCUT2D eigenvalue weighted by atomic mass is 32.1. The van der Waals surface area contributed by atoms with Crippen molar-refractivity contribution in [3.8, 4) is 0 Å². The molecule has 0 fully saturated rings. The van der Waals surface area contributed by atoms with Crippen LogP contribution >= 0.6 is 11.3 Å². The van der Waals surface area contributed by atoms with E-state index in [1.54, 1.807) is 18.4 Å². The van der Waals surface area contributed by atoms with Gasteiger partial charge in [-0.1, -0.05) is 19.1 Å². The highest BCUT2D eigenvalue weighted by Gasteiger charge is 2.10. The normalized spacial score (nSPS) is 11.0. The molecule has 1 amide bonds. The summed E-state index contributed by atoms with van der Waals surface area (Å²) in [6, 6.07) is 9.80. The number of amides is 1. The van der Waals surface area contributed by atoms with Crippen LogP contribution in [0.25, 0.3) is 10.2 Å². The molecule has 0 radical (unpaired) electrons. The summed E-state index contributed by atoms with van der Waals surface area (Å²) < 4.78 is 4.98. The van der Waals surface area contributed by atoms with Gasteiger partial charge in [-0.3, -0.25) is 4.79 Å². The van der Waals surface area contributed by atoms with Crippen LogP contribution in [0.15, 0.2) is 30.3 Å². The van der Waals surface area contributed by atoms with Crippen LogP contribution in [0.3, 0.4) is 0 Å². The quantitative estimate of drug-likeness (QED) is 0.534. The Labute approximate surface area is 169 Å². The lowest BCUT2D eigenvalue weighted by atomic mass is 10.1. The molecule has 1 aromatic carbocycles. The van der Waals surface area contributed by atoms with Crippen LogP contribution in [0.5, 0.6) is 0 Å². The lowest BCUT2D eigenvalue weighted by molar-refractivity contribution is 0.0948. The van der Waals surface area contributed by atoms with E-state index in [1.807, 2.05) is 31.2 Å². The topological polar surface area (TPSA) is 76.1 Å². The van der Waals surface area contributed by atoms with Crippen LogP contribution in [0.2, 0.25) is 0 Å². The number of benzene rings is 1. The van der Waals surface area contributed by atoms with Crippen molar-refractivity contribution in [3.05, 3.63) is 52.2 Å². The molecule has 0 atom stereocenters. The maximum Gasteiger partial charge on any atom is 0.251 e. The van der Waals surface area contributed by atoms with Gasteiger partial charge in [0.1, 0.15) is 16.5 Å². The van der Waals surface area contributed by atoms with E-state index in [0.29, 0.717) is 25.3 Å². The van der Waals surface area contributed by atoms with Crippen molar-refractivity contribution < 1.29 is 9.53 Å². The first-order chi connectivity index (χ1) is 13.6. The van der Waals surface area contributed by atoms with Crippen LogP contribution in [0.4, 0.5) is 5.82 Å². The summed E-state index contributed by atoms with van der Waals surface area (Å²) >= 11 is 1.72. The van der Waals surface area contributed by atoms with E-state index in [4.69, 9.17) is 4.74 Å². The zero-order chi connectivity index (χ0) is 19.9. The largest absolute Gasteiger partial charge is 0.385 e. The number of nitrogens with zero attached hydrogens (tertiary/aromatic N) is 2. The summed E-state index contributed by atoms with van der Waals surface area (Å²) in [6.07, 6.45) is 1.80. The predicted molar refractivity (Wildman–Crippen MR) is 114 cm³/mol. The third-order valence-corrected chi connectivity index (χ3v) is 5.56. The fourth-order valence-electron chi connectivity index (χ4n) is 2.87. The maximum absolute atomic E-state index is 12.1. The molecule has 2 aromatic heterocycles. The molecule has 148 valence electrons. The highest BCUT2D eigenvalue weighted by molar-refractivity contribution is 7.18. The molecule has 0 bridgehead atoms. The molecule has 0 spiro atoms. The molecule has 28 heavy (non-hydrogen) atoms. The second-order valence-corrected chi connectivity index (χ2v) is 7.67. The molecule has 2 heterocycles. The summed E-state index contributed by atoms with van der Waals surface area (Å²) in [5, 5.41) is 7.38. The summed E-state index contributed by atoms with van der Waals surface area (Å²) in [5.74, 6) is 1.56. The fraction of sp³-hybridized carbons (Fsp3) is 0.381. The number of carbonyl (C=O) groups excluding carboxylic acids is 1. The first-order valence-electron chi connectivity index (χ1n) is 9.47. The zero-order valence-electron chi connectivity index (χ0n) is 16.5. The molecule has 6 nitrogen and oxygen atoms in total. The van der Waals surface area contributed by atoms with Crippen molar-refractivity contribution in [1.29, 1.82) is 0 Å². The highest BCUT2D eigenvalue weighted by Crippen LogP contribution is 2.29. The number of aromatic nitrogens is 2. The molecule has 0 unspecified atom stereocenters. The van der Waals surface area contributed by atoms with Gasteiger partial charge < -0.3 is 15.4 Å². The Morgan fingerprint density at radius 2 is 2.00 bits per heavy atom. The summed E-state index contributed by atoms with van der Waals surface area (Å²) in [7, 11) is 1.66. The van der Waals surface area contributed by atoms with E-state index in [9.17, 15) is 4.79 Å². The van der Waals surface area contributed by atoms with Crippen LogP contribution < -0.4 is 10.6 Å². The number of thiophene rings is 1. The number of methoxy groups -OCH3 is 1. The Hall–Kier alpha value is -2.51. The van der Waals surface area contributed by atoms with E-state index in [2.05, 4.69) is 33.6 Å². The second-order valence-electron chi connectivity index (χ2n) is 6.56. The number of ether oxygens (including phenoxy) is 1. The van der Waals surface area contributed by atoms with Crippen LogP contribution in [0, 0.1) is 6.92 Å². The van der Waals surface area contributed by atoms with Crippen LogP contribution in [-0.4, -0.2) is 36.1 Å². The molecular weight excluding hydrogens is 372 g/mol. The van der Waals surface area contributed by atoms with E-state index in [0.717, 1.165) is 40.3 Å². The number of anilines is 1. The van der Waals surface area contributed by atoms with Crippen molar-refractivity contribution >= 4 is 33.3 Å². The molecule has 3 aromatic rings. The predicted octanol–water partition coefficient (Wildman–Crippen LogP) is 3.94. The molecule has 0 saturated carbocycles. The average molecular weight is 399 g/mol. The summed E-state index contributed by atoms with van der Waals surface area (Å²) in [5.41, 5.74) is 1.75. The molecule has 0 aliphatic rings. The number of aryl methyl sites for hydroxylation is 2. The van der Waals surface area contributed by atoms with Gasteiger partial charge in [0, 0.05) is 37.2 Å². The monoisotopic (exact) mass is 398 g/mol. The molecule has 2 N–H and O–H groups in total. The van der Waals surface area contributed by atoms with Crippen molar-refractivity contribution in [2.45, 2.75) is 33.2 Å². The minimum atomic E-state index is -0.0610. The van der Waals surface area contributed by atoms with Crippen molar-refractivity contribution in [2.24, 2.45) is 0 Å². The number of carbonyl (C=O) groups is 1. The Balaban J connectivity index is 1.63. The molecule has 0 aliphatic carbocycles. The van der Waals surface area contributed by atoms with Crippen molar-refractivity contribution in [1.82, 2.24) is 15.3 Å². The summed E-state index contributed by atoms with van der Waals surface area (Å²) in [4.78, 5) is 23.6. The molecule has 0 aliphatic heterocycles. The number of hydrogen-bond acceptors (Lipinski definition) is 6. The van der Waals surface area contributed by atoms with Gasteiger partial charge in [0.2, 0.25) is 0 Å². The SMILES string of the molecule is CCc1cc2c(NCc3ccc(C(=O)NCCCOC)cc3)nc(C)nc2s1. The lowest BCUT2D eigenvalue weighted by Gasteiger charge is -2.09. The van der Waals surface area contributed by atoms with E-state index < -0.39 is 0 Å². The first kappa shape index (κ1) is 20.2. The maximum atomic E-state index is 12.1. The Morgan fingerprint density at radius 3 is 2.71 bits per heavy atom. The third kappa shape index (κ3) is 5.05. The zero-order valence-corrected chi connectivity index (χ0v) is 17.4. The van der Waals surface area contributed by atoms with E-state index in [1.165, 1.54) is 4.88 Å². The van der Waals surface area contributed by atoms with Crippen molar-refractivity contribution in [2.75, 3.05) is 25.6 Å². The molecule has 7 heteroatoms. The first-order valence-corrected chi connectivity index (χ1v) is 10.3. The van der Waals surface area contributed by atoms with Gasteiger partial charge in [0.05, 0.1) is 5.39 Å². The van der Waals surface area contributed by atoms with Gasteiger partial charge in [-0.2, -0.15) is 0 Å². The Bertz CT molecular complexity index is 937. The van der Waals surface area contributed by atoms with E-state index in [-0.39, 0.29) is 5.91 Å². The Kier molecular flexibility index (Phi) is 6.95. The van der Waals surface area contributed by atoms with Crippen LogP contribution in [0.1, 0.15) is 40.0 Å². The summed E-state index contributed by atoms with van der Waals surface area (Å²) in [6.45, 7) is 5.95. The number of nitrogens with one attached hydrogen (secondary N) is 2. The second kappa shape index (κ2) is 9.61. The fourth-order valence-corrected chi connectivity index (χ4v) is 3.88. The molecular formula is C21H26N4O2S. The number of hydrogen-bond donors (Lipinski definition) is 2. The molecule has 0 saturated heterocycles. The van der Waals surface area contributed by atoms with Gasteiger partial charge in [-0.15, -0.1) is 11.3 Å². The van der Waals surface area contributed by atoms with Gasteiger partial charge in [-0.05, 0) is 43.5 Å². The third-order valence-electron chi connectivity index (χ3n) is 4.39. The smallest absolute Gasteiger partial charge is 0.251 e. The number of fused-ring (bicyclic) bond motifs is 1. The van der Waals surface area contributed by atoms with Crippen molar-refractivity contribution in [3.63, 3.8) is 0 Å². The van der Waals surface area contributed by atoms with Crippen LogP contribution in [-0.2, 0) is 17.7 Å². The minimum Gasteiger partial charge on any atom is -0.385 e. The van der Waals surface area contributed by atoms with E-state index >= 15 is 0 Å². The average Bonchev–Trinajstić information content (AvgIpc) is 3.12. The standard InChI is InChI=1S/C21H26N4O2S/c1-4-17-12-18-19(24-14(2)25-21(18)28-17)23-13-15-6-8-16(9-7-15)20(26)22-10-5-11-27-3/h6-9,12H,4-5,10-11,13H2,1-3H3,(H,22,26)(H,23,24,25). The molecule has 3 rings (SSSR count). The van der Waals surface area contributed by atoms with Gasteiger partial charge in [0.15, 0.2) is 0 Å². The Morgan fingerprint density at radius 1 is 1.21 bits per heavy atom.